The Morgan fingerprint density at radius 3 is 2.93 bits per heavy atom. The summed E-state index contributed by atoms with van der Waals surface area (Å²) in [5.41, 5.74) is 0.622. The van der Waals surface area contributed by atoms with Gasteiger partial charge in [0.15, 0.2) is 0 Å². The first-order valence-electron chi connectivity index (χ1n) is 4.80. The van der Waals surface area contributed by atoms with Gasteiger partial charge >= 0.3 is 0 Å². The SMILES string of the molecule is CC(CCO)SCc1cc(Cl)ccc1F. The van der Waals surface area contributed by atoms with Crippen LogP contribution in [0.3, 0.4) is 0 Å². The van der Waals surface area contributed by atoms with Crippen molar-refractivity contribution in [3.8, 4) is 0 Å². The summed E-state index contributed by atoms with van der Waals surface area (Å²) in [6.45, 7) is 2.19. The van der Waals surface area contributed by atoms with Crippen LogP contribution in [0.1, 0.15) is 18.9 Å². The van der Waals surface area contributed by atoms with Gasteiger partial charge in [-0.1, -0.05) is 18.5 Å². The second-order valence-electron chi connectivity index (χ2n) is 3.37. The van der Waals surface area contributed by atoms with Crippen LogP contribution in [0, 0.1) is 5.82 Å². The van der Waals surface area contributed by atoms with E-state index >= 15 is 0 Å². The minimum atomic E-state index is -0.219. The van der Waals surface area contributed by atoms with Gasteiger partial charge in [-0.05, 0) is 30.2 Å². The fourth-order valence-electron chi connectivity index (χ4n) is 1.15. The quantitative estimate of drug-likeness (QED) is 0.861. The minimum Gasteiger partial charge on any atom is -0.396 e. The molecule has 0 aliphatic heterocycles. The zero-order valence-corrected chi connectivity index (χ0v) is 10.1. The van der Waals surface area contributed by atoms with E-state index in [9.17, 15) is 4.39 Å². The van der Waals surface area contributed by atoms with Crippen LogP contribution in [-0.2, 0) is 5.75 Å². The van der Waals surface area contributed by atoms with Crippen molar-refractivity contribution in [1.82, 2.24) is 0 Å². The highest BCUT2D eigenvalue weighted by Crippen LogP contribution is 2.23. The van der Waals surface area contributed by atoms with Crippen molar-refractivity contribution >= 4 is 23.4 Å². The maximum absolute atomic E-state index is 13.3. The molecular weight excluding hydrogens is 235 g/mol. The Labute approximate surface area is 98.6 Å². The Bertz CT molecular complexity index is 319. The predicted molar refractivity (Wildman–Crippen MR) is 63.9 cm³/mol. The smallest absolute Gasteiger partial charge is 0.127 e. The van der Waals surface area contributed by atoms with E-state index in [1.54, 1.807) is 23.9 Å². The summed E-state index contributed by atoms with van der Waals surface area (Å²) in [6.07, 6.45) is 0.729. The summed E-state index contributed by atoms with van der Waals surface area (Å²) in [7, 11) is 0. The fourth-order valence-corrected chi connectivity index (χ4v) is 2.30. The topological polar surface area (TPSA) is 20.2 Å². The third kappa shape index (κ3) is 4.41. The van der Waals surface area contributed by atoms with Gasteiger partial charge in [0.25, 0.3) is 0 Å². The van der Waals surface area contributed by atoms with Crippen LogP contribution < -0.4 is 0 Å². The van der Waals surface area contributed by atoms with Crippen molar-refractivity contribution in [3.63, 3.8) is 0 Å². The Morgan fingerprint density at radius 1 is 1.53 bits per heavy atom. The lowest BCUT2D eigenvalue weighted by atomic mass is 10.2. The van der Waals surface area contributed by atoms with Crippen molar-refractivity contribution in [3.05, 3.63) is 34.6 Å². The molecule has 0 aromatic heterocycles. The highest BCUT2D eigenvalue weighted by Gasteiger charge is 2.06. The van der Waals surface area contributed by atoms with Crippen molar-refractivity contribution < 1.29 is 9.50 Å². The van der Waals surface area contributed by atoms with Gasteiger partial charge < -0.3 is 5.11 Å². The Hall–Kier alpha value is -0.250. The van der Waals surface area contributed by atoms with Crippen LogP contribution in [0.2, 0.25) is 5.02 Å². The predicted octanol–water partition coefficient (Wildman–Crippen LogP) is 3.48. The van der Waals surface area contributed by atoms with Crippen LogP contribution in [-0.4, -0.2) is 17.0 Å². The fraction of sp³-hybridized carbons (Fsp3) is 0.455. The van der Waals surface area contributed by atoms with E-state index in [0.29, 0.717) is 21.6 Å². The van der Waals surface area contributed by atoms with E-state index in [1.165, 1.54) is 6.07 Å². The van der Waals surface area contributed by atoms with Gasteiger partial charge in [-0.15, -0.1) is 0 Å². The van der Waals surface area contributed by atoms with Crippen molar-refractivity contribution in [2.75, 3.05) is 6.61 Å². The molecule has 0 saturated carbocycles. The molecule has 0 spiro atoms. The van der Waals surface area contributed by atoms with Crippen LogP contribution in [0.4, 0.5) is 4.39 Å². The number of hydrogen-bond acceptors (Lipinski definition) is 2. The van der Waals surface area contributed by atoms with Gasteiger partial charge in [-0.3, -0.25) is 0 Å². The first-order chi connectivity index (χ1) is 7.13. The Kier molecular flexibility index (Phi) is 5.43. The number of benzene rings is 1. The zero-order chi connectivity index (χ0) is 11.3. The number of aliphatic hydroxyl groups is 1. The highest BCUT2D eigenvalue weighted by atomic mass is 35.5. The Balaban J connectivity index is 2.53. The lowest BCUT2D eigenvalue weighted by molar-refractivity contribution is 0.289. The number of rotatable bonds is 5. The van der Waals surface area contributed by atoms with E-state index in [1.807, 2.05) is 6.92 Å². The largest absolute Gasteiger partial charge is 0.396 e. The summed E-state index contributed by atoms with van der Waals surface area (Å²) in [4.78, 5) is 0. The van der Waals surface area contributed by atoms with Crippen molar-refractivity contribution in [1.29, 1.82) is 0 Å². The molecule has 1 unspecified atom stereocenters. The second-order valence-corrected chi connectivity index (χ2v) is 5.23. The molecule has 1 aromatic carbocycles. The highest BCUT2D eigenvalue weighted by molar-refractivity contribution is 7.99. The van der Waals surface area contributed by atoms with E-state index in [4.69, 9.17) is 16.7 Å². The Morgan fingerprint density at radius 2 is 2.27 bits per heavy atom. The van der Waals surface area contributed by atoms with E-state index in [2.05, 4.69) is 0 Å². The number of aliphatic hydroxyl groups excluding tert-OH is 1. The van der Waals surface area contributed by atoms with Crippen LogP contribution in [0.25, 0.3) is 0 Å². The molecule has 0 amide bonds. The maximum Gasteiger partial charge on any atom is 0.127 e. The molecule has 1 atom stereocenters. The van der Waals surface area contributed by atoms with Gasteiger partial charge in [0.05, 0.1) is 0 Å². The minimum absolute atomic E-state index is 0.173. The number of hydrogen-bond donors (Lipinski definition) is 1. The van der Waals surface area contributed by atoms with Crippen LogP contribution >= 0.6 is 23.4 Å². The zero-order valence-electron chi connectivity index (χ0n) is 8.54. The third-order valence-electron chi connectivity index (χ3n) is 2.07. The first-order valence-corrected chi connectivity index (χ1v) is 6.22. The van der Waals surface area contributed by atoms with Crippen molar-refractivity contribution in [2.24, 2.45) is 0 Å². The van der Waals surface area contributed by atoms with E-state index < -0.39 is 0 Å². The summed E-state index contributed by atoms with van der Waals surface area (Å²) in [6, 6.07) is 4.58. The van der Waals surface area contributed by atoms with Gasteiger partial charge in [0.1, 0.15) is 5.82 Å². The monoisotopic (exact) mass is 248 g/mol. The van der Waals surface area contributed by atoms with Gasteiger partial charge in [-0.2, -0.15) is 11.8 Å². The van der Waals surface area contributed by atoms with E-state index in [-0.39, 0.29) is 12.4 Å². The average molecular weight is 249 g/mol. The van der Waals surface area contributed by atoms with Gasteiger partial charge in [0, 0.05) is 22.6 Å². The number of halogens is 2. The van der Waals surface area contributed by atoms with Gasteiger partial charge in [0.2, 0.25) is 0 Å². The molecule has 0 aliphatic rings. The lowest BCUT2D eigenvalue weighted by Gasteiger charge is -2.09. The molecule has 0 saturated heterocycles. The molecule has 1 rings (SSSR count). The standard InChI is InChI=1S/C11H14ClFOS/c1-8(4-5-14)15-7-9-6-10(12)2-3-11(9)13/h2-3,6,8,14H,4-5,7H2,1H3. The average Bonchev–Trinajstić information content (AvgIpc) is 2.20. The molecule has 0 bridgehead atoms. The summed E-state index contributed by atoms with van der Waals surface area (Å²) < 4.78 is 13.3. The molecule has 0 aliphatic carbocycles. The molecule has 1 aromatic rings. The molecule has 0 heterocycles. The molecule has 1 N–H and O–H groups in total. The molecule has 0 radical (unpaired) electrons. The molecule has 15 heavy (non-hydrogen) atoms. The summed E-state index contributed by atoms with van der Waals surface area (Å²) >= 11 is 7.40. The third-order valence-corrected chi connectivity index (χ3v) is 3.58. The number of thioether (sulfide) groups is 1. The molecular formula is C11H14ClFOS. The normalized spacial score (nSPS) is 12.8. The lowest BCUT2D eigenvalue weighted by Crippen LogP contribution is -2.00. The second kappa shape index (κ2) is 6.36. The summed E-state index contributed by atoms with van der Waals surface area (Å²) in [5.74, 6) is 0.371. The van der Waals surface area contributed by atoms with Crippen LogP contribution in [0.5, 0.6) is 0 Å². The molecule has 4 heteroatoms. The van der Waals surface area contributed by atoms with Gasteiger partial charge in [-0.25, -0.2) is 4.39 Å². The van der Waals surface area contributed by atoms with Crippen molar-refractivity contribution in [2.45, 2.75) is 24.3 Å². The maximum atomic E-state index is 13.3. The molecule has 1 nitrogen and oxygen atoms in total. The summed E-state index contributed by atoms with van der Waals surface area (Å²) in [5, 5.41) is 9.61. The van der Waals surface area contributed by atoms with E-state index in [0.717, 1.165) is 6.42 Å². The first kappa shape index (κ1) is 12.8. The molecule has 0 fully saturated rings. The van der Waals surface area contributed by atoms with Crippen LogP contribution in [0.15, 0.2) is 18.2 Å². The molecule has 84 valence electrons.